The van der Waals surface area contributed by atoms with Gasteiger partial charge in [0.2, 0.25) is 0 Å². The average molecular weight is 375 g/mol. The lowest BCUT2D eigenvalue weighted by atomic mass is 9.94. The van der Waals surface area contributed by atoms with E-state index in [9.17, 15) is 0 Å². The molecule has 0 spiro atoms. The van der Waals surface area contributed by atoms with Crippen LogP contribution in [0.5, 0.6) is 0 Å². The van der Waals surface area contributed by atoms with Crippen molar-refractivity contribution in [2.24, 2.45) is 0 Å². The summed E-state index contributed by atoms with van der Waals surface area (Å²) >= 11 is 6.10. The molecule has 2 nitrogen and oxygen atoms in total. The predicted molar refractivity (Wildman–Crippen MR) is 115 cm³/mol. The normalized spacial score (nSPS) is 11.3. The number of hydrogen-bond donors (Lipinski definition) is 0. The maximum Gasteiger partial charge on any atom is 0.141 e. The Morgan fingerprint density at radius 2 is 1.48 bits per heavy atom. The fourth-order valence-electron chi connectivity index (χ4n) is 3.75. The molecule has 0 aliphatic rings. The van der Waals surface area contributed by atoms with Crippen LogP contribution < -0.4 is 0 Å². The zero-order valence-corrected chi connectivity index (χ0v) is 16.9. The molecule has 0 aliphatic heterocycles. The molecule has 1 aromatic heterocycles. The van der Waals surface area contributed by atoms with Crippen molar-refractivity contribution < 1.29 is 0 Å². The van der Waals surface area contributed by atoms with Crippen LogP contribution >= 0.6 is 11.6 Å². The van der Waals surface area contributed by atoms with Gasteiger partial charge >= 0.3 is 0 Å². The van der Waals surface area contributed by atoms with Gasteiger partial charge in [-0.05, 0) is 91.9 Å². The van der Waals surface area contributed by atoms with Gasteiger partial charge in [0.1, 0.15) is 5.82 Å². The molecule has 0 radical (unpaired) electrons. The van der Waals surface area contributed by atoms with Gasteiger partial charge in [-0.3, -0.25) is 0 Å². The van der Waals surface area contributed by atoms with Crippen molar-refractivity contribution in [2.75, 3.05) is 0 Å². The Labute approximate surface area is 165 Å². The van der Waals surface area contributed by atoms with E-state index in [2.05, 4.69) is 56.5 Å². The van der Waals surface area contributed by atoms with E-state index in [0.29, 0.717) is 0 Å². The van der Waals surface area contributed by atoms with Crippen molar-refractivity contribution in [3.63, 3.8) is 0 Å². The van der Waals surface area contributed by atoms with E-state index in [1.807, 2.05) is 30.3 Å². The Morgan fingerprint density at radius 1 is 0.852 bits per heavy atom. The van der Waals surface area contributed by atoms with Crippen LogP contribution in [0, 0.1) is 27.7 Å². The first-order chi connectivity index (χ1) is 13.0. The van der Waals surface area contributed by atoms with E-state index in [1.165, 1.54) is 27.8 Å². The molecular formula is C24H23ClN2. The fraction of sp³-hybridized carbons (Fsp3) is 0.208. The lowest BCUT2D eigenvalue weighted by molar-refractivity contribution is 0.818. The number of hydrogen-bond acceptors (Lipinski definition) is 1. The Morgan fingerprint density at radius 3 is 2.15 bits per heavy atom. The standard InChI is InChI=1S/C24H23ClN2/c1-15-13-16(2)18(4)21(17(15)3)14-27-23-8-6-5-7-22(23)26-24(27)19-9-11-20(25)12-10-19/h5-13H,14H2,1-4H3. The number of halogens is 1. The summed E-state index contributed by atoms with van der Waals surface area (Å²) < 4.78 is 2.33. The maximum atomic E-state index is 6.10. The lowest BCUT2D eigenvalue weighted by Gasteiger charge is -2.18. The summed E-state index contributed by atoms with van der Waals surface area (Å²) in [6.45, 7) is 9.63. The molecule has 0 N–H and O–H groups in total. The molecule has 0 amide bonds. The second kappa shape index (κ2) is 6.86. The molecule has 0 fully saturated rings. The first-order valence-corrected chi connectivity index (χ1v) is 9.61. The van der Waals surface area contributed by atoms with Crippen LogP contribution in [0.2, 0.25) is 5.02 Å². The van der Waals surface area contributed by atoms with Crippen LogP contribution in [0.25, 0.3) is 22.4 Å². The van der Waals surface area contributed by atoms with Crippen molar-refractivity contribution in [3.05, 3.63) is 87.4 Å². The summed E-state index contributed by atoms with van der Waals surface area (Å²) in [6.07, 6.45) is 0. The van der Waals surface area contributed by atoms with E-state index in [0.717, 1.165) is 34.0 Å². The van der Waals surface area contributed by atoms with Gasteiger partial charge < -0.3 is 4.57 Å². The van der Waals surface area contributed by atoms with Gasteiger partial charge in [-0.25, -0.2) is 4.98 Å². The molecule has 27 heavy (non-hydrogen) atoms. The number of benzene rings is 3. The quantitative estimate of drug-likeness (QED) is 0.393. The Balaban J connectivity index is 1.94. The Kier molecular flexibility index (Phi) is 4.53. The summed E-state index contributed by atoms with van der Waals surface area (Å²) in [5, 5.41) is 0.738. The van der Waals surface area contributed by atoms with Crippen LogP contribution in [0.3, 0.4) is 0 Å². The summed E-state index contributed by atoms with van der Waals surface area (Å²) in [5.41, 5.74) is 10.0. The summed E-state index contributed by atoms with van der Waals surface area (Å²) in [6, 6.07) is 18.6. The van der Waals surface area contributed by atoms with E-state index >= 15 is 0 Å². The van der Waals surface area contributed by atoms with Gasteiger partial charge in [0.15, 0.2) is 0 Å². The molecule has 1 heterocycles. The molecule has 4 rings (SSSR count). The second-order valence-electron chi connectivity index (χ2n) is 7.26. The minimum Gasteiger partial charge on any atom is -0.319 e. The van der Waals surface area contributed by atoms with Gasteiger partial charge in [-0.1, -0.05) is 29.8 Å². The average Bonchev–Trinajstić information content (AvgIpc) is 3.03. The number of imidazole rings is 1. The second-order valence-corrected chi connectivity index (χ2v) is 7.69. The molecule has 0 atom stereocenters. The highest BCUT2D eigenvalue weighted by molar-refractivity contribution is 6.30. The van der Waals surface area contributed by atoms with Gasteiger partial charge in [-0.2, -0.15) is 0 Å². The maximum absolute atomic E-state index is 6.10. The number of rotatable bonds is 3. The smallest absolute Gasteiger partial charge is 0.141 e. The molecule has 0 saturated carbocycles. The van der Waals surface area contributed by atoms with Crippen molar-refractivity contribution in [1.82, 2.24) is 9.55 Å². The molecule has 0 aliphatic carbocycles. The lowest BCUT2D eigenvalue weighted by Crippen LogP contribution is -2.07. The van der Waals surface area contributed by atoms with Gasteiger partial charge in [0.05, 0.1) is 17.6 Å². The fourth-order valence-corrected chi connectivity index (χ4v) is 3.87. The van der Waals surface area contributed by atoms with Crippen LogP contribution in [-0.4, -0.2) is 9.55 Å². The number of para-hydroxylation sites is 2. The van der Waals surface area contributed by atoms with Crippen LogP contribution in [0.15, 0.2) is 54.6 Å². The van der Waals surface area contributed by atoms with Gasteiger partial charge in [0, 0.05) is 10.6 Å². The number of aryl methyl sites for hydroxylation is 2. The van der Waals surface area contributed by atoms with E-state index in [-0.39, 0.29) is 0 Å². The van der Waals surface area contributed by atoms with E-state index < -0.39 is 0 Å². The third-order valence-electron chi connectivity index (χ3n) is 5.59. The number of aromatic nitrogens is 2. The van der Waals surface area contributed by atoms with Crippen LogP contribution in [0.1, 0.15) is 27.8 Å². The van der Waals surface area contributed by atoms with Crippen molar-refractivity contribution in [1.29, 1.82) is 0 Å². The number of nitrogens with zero attached hydrogens (tertiary/aromatic N) is 2. The SMILES string of the molecule is Cc1cc(C)c(C)c(Cn2c(-c3ccc(Cl)cc3)nc3ccccc32)c1C. The molecule has 3 heteroatoms. The predicted octanol–water partition coefficient (Wildman–Crippen LogP) is 6.64. The van der Waals surface area contributed by atoms with Crippen molar-refractivity contribution in [2.45, 2.75) is 34.2 Å². The topological polar surface area (TPSA) is 17.8 Å². The Bertz CT molecular complexity index is 1110. The highest BCUT2D eigenvalue weighted by atomic mass is 35.5. The van der Waals surface area contributed by atoms with E-state index in [1.54, 1.807) is 0 Å². The first-order valence-electron chi connectivity index (χ1n) is 9.23. The zero-order chi connectivity index (χ0) is 19.1. The monoisotopic (exact) mass is 374 g/mol. The molecule has 0 unspecified atom stereocenters. The summed E-state index contributed by atoms with van der Waals surface area (Å²) in [5.74, 6) is 0.978. The summed E-state index contributed by atoms with van der Waals surface area (Å²) in [4.78, 5) is 4.93. The van der Waals surface area contributed by atoms with Gasteiger partial charge in [-0.15, -0.1) is 0 Å². The molecular weight excluding hydrogens is 352 g/mol. The highest BCUT2D eigenvalue weighted by Gasteiger charge is 2.16. The minimum absolute atomic E-state index is 0.738. The first kappa shape index (κ1) is 17.8. The third-order valence-corrected chi connectivity index (χ3v) is 5.85. The molecule has 3 aromatic carbocycles. The number of fused-ring (bicyclic) bond motifs is 1. The van der Waals surface area contributed by atoms with Crippen LogP contribution in [0.4, 0.5) is 0 Å². The highest BCUT2D eigenvalue weighted by Crippen LogP contribution is 2.29. The molecule has 0 saturated heterocycles. The molecule has 136 valence electrons. The third kappa shape index (κ3) is 3.15. The van der Waals surface area contributed by atoms with E-state index in [4.69, 9.17) is 16.6 Å². The van der Waals surface area contributed by atoms with Crippen molar-refractivity contribution in [3.8, 4) is 11.4 Å². The molecule has 0 bridgehead atoms. The minimum atomic E-state index is 0.738. The zero-order valence-electron chi connectivity index (χ0n) is 16.2. The largest absolute Gasteiger partial charge is 0.319 e. The van der Waals surface area contributed by atoms with Crippen molar-refractivity contribution >= 4 is 22.6 Å². The molecule has 4 aromatic rings. The Hall–Kier alpha value is -2.58. The van der Waals surface area contributed by atoms with Gasteiger partial charge in [0.25, 0.3) is 0 Å². The summed E-state index contributed by atoms with van der Waals surface area (Å²) in [7, 11) is 0. The van der Waals surface area contributed by atoms with Crippen LogP contribution in [-0.2, 0) is 6.54 Å².